The van der Waals surface area contributed by atoms with Crippen LogP contribution in [0.5, 0.6) is 0 Å². The Morgan fingerprint density at radius 3 is 2.66 bits per heavy atom. The molecule has 3 aromatic rings. The highest BCUT2D eigenvalue weighted by Crippen LogP contribution is 2.21. The predicted octanol–water partition coefficient (Wildman–Crippen LogP) is 2.76. The number of Topliss-reactive ketones (excluding diaryl/α,β-unsaturated/α-hetero) is 1. The van der Waals surface area contributed by atoms with Gasteiger partial charge in [0.05, 0.1) is 23.8 Å². The zero-order valence-electron chi connectivity index (χ0n) is 17.2. The van der Waals surface area contributed by atoms with Crippen LogP contribution in [0.2, 0.25) is 0 Å². The SMILES string of the molecule is CC(=O)c1c(C)nn([C@H](C)CC(=O)N(C)Cc2nc(-c3ccccn3)no2)c1C. The average molecular weight is 396 g/mol. The number of hydrogen-bond acceptors (Lipinski definition) is 7. The summed E-state index contributed by atoms with van der Waals surface area (Å²) in [4.78, 5) is 34.5. The molecule has 0 aliphatic rings. The van der Waals surface area contributed by atoms with Crippen LogP contribution in [0.15, 0.2) is 28.9 Å². The smallest absolute Gasteiger partial charge is 0.246 e. The van der Waals surface area contributed by atoms with E-state index in [1.54, 1.807) is 37.0 Å². The van der Waals surface area contributed by atoms with Gasteiger partial charge in [-0.3, -0.25) is 19.3 Å². The third kappa shape index (κ3) is 4.39. The Kier molecular flexibility index (Phi) is 5.86. The molecule has 0 N–H and O–H groups in total. The molecule has 0 aromatic carbocycles. The number of nitrogens with zero attached hydrogens (tertiary/aromatic N) is 6. The molecule has 152 valence electrons. The van der Waals surface area contributed by atoms with Gasteiger partial charge >= 0.3 is 0 Å². The molecule has 29 heavy (non-hydrogen) atoms. The van der Waals surface area contributed by atoms with Gasteiger partial charge in [0, 0.05) is 25.4 Å². The van der Waals surface area contributed by atoms with Crippen LogP contribution < -0.4 is 0 Å². The Morgan fingerprint density at radius 2 is 2.03 bits per heavy atom. The van der Waals surface area contributed by atoms with Crippen LogP contribution in [0.25, 0.3) is 11.5 Å². The maximum Gasteiger partial charge on any atom is 0.246 e. The van der Waals surface area contributed by atoms with Crippen molar-refractivity contribution in [2.24, 2.45) is 0 Å². The number of hydrogen-bond donors (Lipinski definition) is 0. The molecule has 0 bridgehead atoms. The van der Waals surface area contributed by atoms with Crippen molar-refractivity contribution in [1.29, 1.82) is 0 Å². The molecule has 0 aliphatic carbocycles. The van der Waals surface area contributed by atoms with Gasteiger partial charge in [-0.15, -0.1) is 0 Å². The summed E-state index contributed by atoms with van der Waals surface area (Å²) in [6.45, 7) is 7.27. The van der Waals surface area contributed by atoms with Crippen LogP contribution in [0.1, 0.15) is 53.9 Å². The van der Waals surface area contributed by atoms with Gasteiger partial charge in [-0.25, -0.2) is 0 Å². The lowest BCUT2D eigenvalue weighted by Crippen LogP contribution is -2.28. The van der Waals surface area contributed by atoms with Crippen molar-refractivity contribution in [2.75, 3.05) is 7.05 Å². The van der Waals surface area contributed by atoms with Gasteiger partial charge in [0.15, 0.2) is 5.78 Å². The fourth-order valence-electron chi connectivity index (χ4n) is 3.31. The van der Waals surface area contributed by atoms with Crippen molar-refractivity contribution in [1.82, 2.24) is 29.8 Å². The van der Waals surface area contributed by atoms with Gasteiger partial charge in [-0.2, -0.15) is 10.1 Å². The van der Waals surface area contributed by atoms with Crippen LogP contribution in [-0.4, -0.2) is 48.5 Å². The first-order valence-corrected chi connectivity index (χ1v) is 9.32. The number of carbonyl (C=O) groups is 2. The molecule has 0 unspecified atom stereocenters. The van der Waals surface area contributed by atoms with E-state index >= 15 is 0 Å². The molecule has 1 amide bonds. The molecule has 1 atom stereocenters. The highest BCUT2D eigenvalue weighted by molar-refractivity contribution is 5.96. The van der Waals surface area contributed by atoms with E-state index in [0.717, 1.165) is 5.69 Å². The topological polar surface area (TPSA) is 107 Å². The number of ketones is 1. The second kappa shape index (κ2) is 8.34. The number of rotatable bonds is 7. The van der Waals surface area contributed by atoms with Crippen molar-refractivity contribution in [2.45, 2.75) is 46.7 Å². The zero-order chi connectivity index (χ0) is 21.1. The van der Waals surface area contributed by atoms with Crippen molar-refractivity contribution < 1.29 is 14.1 Å². The largest absolute Gasteiger partial charge is 0.337 e. The van der Waals surface area contributed by atoms with Crippen molar-refractivity contribution >= 4 is 11.7 Å². The Hall–Kier alpha value is -3.36. The van der Waals surface area contributed by atoms with Crippen LogP contribution in [-0.2, 0) is 11.3 Å². The monoisotopic (exact) mass is 396 g/mol. The fourth-order valence-corrected chi connectivity index (χ4v) is 3.31. The normalized spacial score (nSPS) is 12.0. The second-order valence-corrected chi connectivity index (χ2v) is 7.08. The minimum Gasteiger partial charge on any atom is -0.337 e. The first-order valence-electron chi connectivity index (χ1n) is 9.32. The van der Waals surface area contributed by atoms with Gasteiger partial charge in [-0.1, -0.05) is 11.2 Å². The summed E-state index contributed by atoms with van der Waals surface area (Å²) in [7, 11) is 1.68. The number of aromatic nitrogens is 5. The quantitative estimate of drug-likeness (QED) is 0.565. The van der Waals surface area contributed by atoms with E-state index in [2.05, 4.69) is 20.2 Å². The molecular weight excluding hydrogens is 372 g/mol. The van der Waals surface area contributed by atoms with Crippen LogP contribution in [0.3, 0.4) is 0 Å². The first-order chi connectivity index (χ1) is 13.8. The number of carbonyl (C=O) groups excluding carboxylic acids is 2. The highest BCUT2D eigenvalue weighted by Gasteiger charge is 2.22. The summed E-state index contributed by atoms with van der Waals surface area (Å²) < 4.78 is 6.98. The number of amides is 1. The fraction of sp³-hybridized carbons (Fsp3) is 0.400. The van der Waals surface area contributed by atoms with E-state index < -0.39 is 0 Å². The Morgan fingerprint density at radius 1 is 1.28 bits per heavy atom. The van der Waals surface area contributed by atoms with Crippen molar-refractivity contribution in [3.05, 3.63) is 47.2 Å². The van der Waals surface area contributed by atoms with E-state index in [0.29, 0.717) is 28.7 Å². The first kappa shape index (κ1) is 20.4. The van der Waals surface area contributed by atoms with Crippen molar-refractivity contribution in [3.63, 3.8) is 0 Å². The van der Waals surface area contributed by atoms with Crippen LogP contribution in [0.4, 0.5) is 0 Å². The highest BCUT2D eigenvalue weighted by atomic mass is 16.5. The maximum atomic E-state index is 12.7. The number of aryl methyl sites for hydroxylation is 1. The van der Waals surface area contributed by atoms with Gasteiger partial charge in [-0.05, 0) is 39.8 Å². The molecule has 0 spiro atoms. The molecule has 3 heterocycles. The molecule has 0 saturated carbocycles. The number of pyridine rings is 1. The average Bonchev–Trinajstić information content (AvgIpc) is 3.26. The van der Waals surface area contributed by atoms with E-state index in [9.17, 15) is 9.59 Å². The van der Waals surface area contributed by atoms with E-state index in [1.807, 2.05) is 19.9 Å². The summed E-state index contributed by atoms with van der Waals surface area (Å²) in [5.41, 5.74) is 2.67. The van der Waals surface area contributed by atoms with Crippen LogP contribution in [0, 0.1) is 13.8 Å². The standard InChI is InChI=1S/C20H24N6O3/c1-12(26-14(3)19(15(4)27)13(2)23-26)10-18(28)25(5)11-17-22-20(24-29-17)16-8-6-7-9-21-16/h6-9,12H,10-11H2,1-5H3/t12-/m1/s1. The van der Waals surface area contributed by atoms with E-state index in [1.165, 1.54) is 11.8 Å². The summed E-state index contributed by atoms with van der Waals surface area (Å²) in [5.74, 6) is 0.599. The molecule has 3 rings (SSSR count). The predicted molar refractivity (Wildman–Crippen MR) is 105 cm³/mol. The third-order valence-electron chi connectivity index (χ3n) is 4.72. The Balaban J connectivity index is 1.65. The molecular formula is C20H24N6O3. The molecule has 0 fully saturated rings. The summed E-state index contributed by atoms with van der Waals surface area (Å²) in [6.07, 6.45) is 1.88. The maximum absolute atomic E-state index is 12.7. The van der Waals surface area contributed by atoms with Gasteiger partial charge in [0.25, 0.3) is 0 Å². The minimum atomic E-state index is -0.191. The molecule has 3 aromatic heterocycles. The van der Waals surface area contributed by atoms with E-state index in [4.69, 9.17) is 4.52 Å². The van der Waals surface area contributed by atoms with Crippen molar-refractivity contribution in [3.8, 4) is 11.5 Å². The molecule has 0 radical (unpaired) electrons. The minimum absolute atomic E-state index is 0.0259. The van der Waals surface area contributed by atoms with E-state index in [-0.39, 0.29) is 30.7 Å². The summed E-state index contributed by atoms with van der Waals surface area (Å²) in [5, 5.41) is 8.36. The molecule has 9 nitrogen and oxygen atoms in total. The summed E-state index contributed by atoms with van der Waals surface area (Å²) >= 11 is 0. The lowest BCUT2D eigenvalue weighted by Gasteiger charge is -2.19. The lowest BCUT2D eigenvalue weighted by molar-refractivity contribution is -0.131. The van der Waals surface area contributed by atoms with Gasteiger partial charge in [0.2, 0.25) is 17.6 Å². The van der Waals surface area contributed by atoms with Gasteiger partial charge < -0.3 is 9.42 Å². The third-order valence-corrected chi connectivity index (χ3v) is 4.72. The second-order valence-electron chi connectivity index (χ2n) is 7.08. The molecule has 0 saturated heterocycles. The summed E-state index contributed by atoms with van der Waals surface area (Å²) in [6, 6.07) is 5.24. The molecule has 9 heteroatoms. The Labute approximate surface area is 168 Å². The zero-order valence-corrected chi connectivity index (χ0v) is 17.2. The van der Waals surface area contributed by atoms with Crippen LogP contribution >= 0.6 is 0 Å². The Bertz CT molecular complexity index is 1020. The molecule has 0 aliphatic heterocycles. The van der Waals surface area contributed by atoms with Gasteiger partial charge in [0.1, 0.15) is 5.69 Å². The lowest BCUT2D eigenvalue weighted by atomic mass is 10.1.